The SMILES string of the molecule is Cc1n[nH]c(C)c1-c1ccc(NC(=O)C(C(=O)Nc2ccc(F)cc2N)C(C2CC2)C2CC2)cc1. The van der Waals surface area contributed by atoms with E-state index >= 15 is 0 Å². The van der Waals surface area contributed by atoms with Gasteiger partial charge in [0.15, 0.2) is 0 Å². The molecule has 1 unspecified atom stereocenters. The third-order valence-electron chi connectivity index (χ3n) is 7.12. The zero-order chi connectivity index (χ0) is 24.7. The van der Waals surface area contributed by atoms with Crippen molar-refractivity contribution in [2.75, 3.05) is 16.4 Å². The molecule has 0 aliphatic heterocycles. The van der Waals surface area contributed by atoms with E-state index in [2.05, 4.69) is 20.8 Å². The van der Waals surface area contributed by atoms with Crippen LogP contribution >= 0.6 is 0 Å². The summed E-state index contributed by atoms with van der Waals surface area (Å²) >= 11 is 0. The first-order valence-corrected chi connectivity index (χ1v) is 12.1. The molecule has 1 atom stereocenters. The van der Waals surface area contributed by atoms with Crippen LogP contribution in [0.15, 0.2) is 42.5 Å². The van der Waals surface area contributed by atoms with Crippen LogP contribution in [0.4, 0.5) is 21.5 Å². The van der Waals surface area contributed by atoms with Crippen LogP contribution < -0.4 is 16.4 Å². The second-order valence-electron chi connectivity index (χ2n) is 9.83. The van der Waals surface area contributed by atoms with Crippen molar-refractivity contribution in [3.63, 3.8) is 0 Å². The maximum absolute atomic E-state index is 13.5. The summed E-state index contributed by atoms with van der Waals surface area (Å²) in [5.41, 5.74) is 10.9. The zero-order valence-electron chi connectivity index (χ0n) is 19.9. The molecule has 5 N–H and O–H groups in total. The average Bonchev–Trinajstić information content (AvgIpc) is 3.74. The highest BCUT2D eigenvalue weighted by molar-refractivity contribution is 6.11. The summed E-state index contributed by atoms with van der Waals surface area (Å²) in [6.45, 7) is 3.92. The van der Waals surface area contributed by atoms with Crippen molar-refractivity contribution in [2.24, 2.45) is 23.7 Å². The number of aromatic nitrogens is 2. The number of nitrogen functional groups attached to an aromatic ring is 1. The number of anilines is 3. The van der Waals surface area contributed by atoms with E-state index in [0.717, 1.165) is 54.3 Å². The predicted molar refractivity (Wildman–Crippen MR) is 134 cm³/mol. The minimum Gasteiger partial charge on any atom is -0.397 e. The Morgan fingerprint density at radius 1 is 1.00 bits per heavy atom. The molecule has 0 saturated heterocycles. The lowest BCUT2D eigenvalue weighted by Gasteiger charge is -2.26. The van der Waals surface area contributed by atoms with E-state index in [-0.39, 0.29) is 17.5 Å². The number of H-pyrrole nitrogens is 1. The van der Waals surface area contributed by atoms with Gasteiger partial charge in [-0.15, -0.1) is 0 Å². The molecule has 2 aliphatic rings. The average molecular weight is 476 g/mol. The van der Waals surface area contributed by atoms with E-state index in [4.69, 9.17) is 5.73 Å². The molecule has 182 valence electrons. The van der Waals surface area contributed by atoms with E-state index in [9.17, 15) is 14.0 Å². The van der Waals surface area contributed by atoms with E-state index in [1.807, 2.05) is 38.1 Å². The van der Waals surface area contributed by atoms with Crippen molar-refractivity contribution in [3.05, 3.63) is 59.7 Å². The van der Waals surface area contributed by atoms with Gasteiger partial charge in [0.1, 0.15) is 11.7 Å². The smallest absolute Gasteiger partial charge is 0.237 e. The maximum atomic E-state index is 13.5. The quantitative estimate of drug-likeness (QED) is 0.270. The van der Waals surface area contributed by atoms with Crippen molar-refractivity contribution in [3.8, 4) is 11.1 Å². The molecule has 2 amide bonds. The normalized spacial score (nSPS) is 16.2. The van der Waals surface area contributed by atoms with Gasteiger partial charge in [-0.1, -0.05) is 12.1 Å². The first kappa shape index (κ1) is 23.1. The van der Waals surface area contributed by atoms with Gasteiger partial charge >= 0.3 is 0 Å². The second-order valence-corrected chi connectivity index (χ2v) is 9.83. The Labute approximate surface area is 203 Å². The summed E-state index contributed by atoms with van der Waals surface area (Å²) in [6, 6.07) is 11.4. The zero-order valence-corrected chi connectivity index (χ0v) is 19.9. The number of aryl methyl sites for hydroxylation is 2. The summed E-state index contributed by atoms with van der Waals surface area (Å²) in [7, 11) is 0. The molecule has 0 bridgehead atoms. The third-order valence-corrected chi connectivity index (χ3v) is 7.12. The number of nitrogens with two attached hydrogens (primary N) is 1. The highest BCUT2D eigenvalue weighted by atomic mass is 19.1. The minimum atomic E-state index is -0.850. The topological polar surface area (TPSA) is 113 Å². The highest BCUT2D eigenvalue weighted by Crippen LogP contribution is 2.53. The summed E-state index contributed by atoms with van der Waals surface area (Å²) in [5.74, 6) is -1.30. The fourth-order valence-electron chi connectivity index (χ4n) is 5.13. The molecule has 1 aromatic heterocycles. The van der Waals surface area contributed by atoms with E-state index in [1.165, 1.54) is 12.1 Å². The number of nitrogens with zero attached hydrogens (tertiary/aromatic N) is 1. The number of hydrogen-bond donors (Lipinski definition) is 4. The van der Waals surface area contributed by atoms with Crippen LogP contribution in [-0.4, -0.2) is 22.0 Å². The molecule has 5 rings (SSSR count). The van der Waals surface area contributed by atoms with Gasteiger partial charge in [0.25, 0.3) is 0 Å². The number of nitrogens with one attached hydrogen (secondary N) is 3. The summed E-state index contributed by atoms with van der Waals surface area (Å²) in [5, 5.41) is 13.0. The first-order chi connectivity index (χ1) is 16.8. The van der Waals surface area contributed by atoms with Gasteiger partial charge < -0.3 is 16.4 Å². The molecule has 0 radical (unpaired) electrons. The fraction of sp³-hybridized carbons (Fsp3) is 0.370. The summed E-state index contributed by atoms with van der Waals surface area (Å²) in [4.78, 5) is 27.0. The van der Waals surface area contributed by atoms with Crippen LogP contribution in [0.5, 0.6) is 0 Å². The molecule has 3 aromatic rings. The van der Waals surface area contributed by atoms with Crippen LogP contribution in [0, 0.1) is 43.3 Å². The molecule has 2 saturated carbocycles. The molecule has 7 nitrogen and oxygen atoms in total. The second kappa shape index (κ2) is 9.17. The minimum absolute atomic E-state index is 0.00724. The molecule has 8 heteroatoms. The molecular formula is C27H30FN5O2. The van der Waals surface area contributed by atoms with Crippen molar-refractivity contribution in [1.82, 2.24) is 10.2 Å². The summed E-state index contributed by atoms with van der Waals surface area (Å²) in [6.07, 6.45) is 4.15. The van der Waals surface area contributed by atoms with Gasteiger partial charge in [0.05, 0.1) is 17.1 Å². The fourth-order valence-corrected chi connectivity index (χ4v) is 5.13. The van der Waals surface area contributed by atoms with Gasteiger partial charge in [-0.25, -0.2) is 4.39 Å². The van der Waals surface area contributed by atoms with Gasteiger partial charge in [0.2, 0.25) is 11.8 Å². The number of aromatic amines is 1. The number of amides is 2. The Morgan fingerprint density at radius 3 is 2.17 bits per heavy atom. The van der Waals surface area contributed by atoms with Crippen LogP contribution in [0.1, 0.15) is 37.1 Å². The maximum Gasteiger partial charge on any atom is 0.237 e. The lowest BCUT2D eigenvalue weighted by molar-refractivity contribution is -0.132. The Morgan fingerprint density at radius 2 is 1.63 bits per heavy atom. The van der Waals surface area contributed by atoms with Crippen molar-refractivity contribution in [2.45, 2.75) is 39.5 Å². The lowest BCUT2D eigenvalue weighted by Crippen LogP contribution is -2.41. The number of carbonyl (C=O) groups is 2. The predicted octanol–water partition coefficient (Wildman–Crippen LogP) is 5.04. The van der Waals surface area contributed by atoms with Crippen molar-refractivity contribution >= 4 is 28.9 Å². The third kappa shape index (κ3) is 4.92. The lowest BCUT2D eigenvalue weighted by atomic mass is 9.82. The van der Waals surface area contributed by atoms with E-state index < -0.39 is 17.6 Å². The highest BCUT2D eigenvalue weighted by Gasteiger charge is 2.50. The van der Waals surface area contributed by atoms with Gasteiger partial charge in [-0.05, 0) is 93.2 Å². The Kier molecular flexibility index (Phi) is 6.05. The Balaban J connectivity index is 1.37. The number of rotatable bonds is 8. The largest absolute Gasteiger partial charge is 0.397 e. The molecule has 35 heavy (non-hydrogen) atoms. The first-order valence-electron chi connectivity index (χ1n) is 12.1. The molecular weight excluding hydrogens is 445 g/mol. The van der Waals surface area contributed by atoms with Crippen LogP contribution in [-0.2, 0) is 9.59 Å². The van der Waals surface area contributed by atoms with Gasteiger partial charge in [0, 0.05) is 16.9 Å². The Hall–Kier alpha value is -3.68. The van der Waals surface area contributed by atoms with Crippen LogP contribution in [0.25, 0.3) is 11.1 Å². The number of halogens is 1. The number of benzene rings is 2. The molecule has 2 fully saturated rings. The standard InChI is InChI=1S/C27H30FN5O2/c1-14-23(15(2)33-32-14)16-7-10-20(11-8-16)30-26(34)25(24(17-3-4-17)18-5-6-18)27(35)31-22-12-9-19(28)13-21(22)29/h7-13,17-18,24-25H,3-6,29H2,1-2H3,(H,30,34)(H,31,35)(H,32,33). The van der Waals surface area contributed by atoms with Crippen LogP contribution in [0.2, 0.25) is 0 Å². The van der Waals surface area contributed by atoms with Crippen molar-refractivity contribution < 1.29 is 14.0 Å². The monoisotopic (exact) mass is 475 g/mol. The van der Waals surface area contributed by atoms with Gasteiger partial charge in [-0.3, -0.25) is 14.7 Å². The van der Waals surface area contributed by atoms with Gasteiger partial charge in [-0.2, -0.15) is 5.10 Å². The van der Waals surface area contributed by atoms with Crippen LogP contribution in [0.3, 0.4) is 0 Å². The molecule has 1 heterocycles. The van der Waals surface area contributed by atoms with E-state index in [0.29, 0.717) is 23.2 Å². The number of carbonyl (C=O) groups excluding carboxylic acids is 2. The molecule has 2 aromatic carbocycles. The van der Waals surface area contributed by atoms with Crippen molar-refractivity contribution in [1.29, 1.82) is 0 Å². The molecule has 2 aliphatic carbocycles. The van der Waals surface area contributed by atoms with E-state index in [1.54, 1.807) is 0 Å². The Bertz CT molecular complexity index is 1230. The summed E-state index contributed by atoms with van der Waals surface area (Å²) < 4.78 is 13.5. The molecule has 0 spiro atoms. The number of hydrogen-bond acceptors (Lipinski definition) is 4.